The molecule has 0 spiro atoms. The fraction of sp³-hybridized carbons (Fsp3) is 0.300. The van der Waals surface area contributed by atoms with Crippen LogP contribution in [0.4, 0.5) is 8.78 Å². The molecular weight excluding hydrogens is 188 g/mol. The van der Waals surface area contributed by atoms with Crippen molar-refractivity contribution in [2.75, 3.05) is 13.6 Å². The topological polar surface area (TPSA) is 20.3 Å². The van der Waals surface area contributed by atoms with E-state index in [9.17, 15) is 13.6 Å². The molecule has 2 rings (SSSR count). The Morgan fingerprint density at radius 1 is 1.36 bits per heavy atom. The Kier molecular flexibility index (Phi) is 1.98. The van der Waals surface area contributed by atoms with Crippen molar-refractivity contribution in [2.24, 2.45) is 0 Å². The average Bonchev–Trinajstić information content (AvgIpc) is 2.12. The molecule has 1 heterocycles. The van der Waals surface area contributed by atoms with Gasteiger partial charge >= 0.3 is 0 Å². The van der Waals surface area contributed by atoms with Gasteiger partial charge in [0.15, 0.2) is 0 Å². The van der Waals surface area contributed by atoms with Gasteiger partial charge in [0.25, 0.3) is 5.91 Å². The Hall–Kier alpha value is -1.45. The third-order valence-corrected chi connectivity index (χ3v) is 2.43. The Bertz CT molecular complexity index is 403. The van der Waals surface area contributed by atoms with Crippen molar-refractivity contribution in [1.82, 2.24) is 4.90 Å². The third kappa shape index (κ3) is 1.27. The van der Waals surface area contributed by atoms with Crippen LogP contribution >= 0.6 is 0 Å². The third-order valence-electron chi connectivity index (χ3n) is 2.43. The highest BCUT2D eigenvalue weighted by Crippen LogP contribution is 2.22. The Morgan fingerprint density at radius 3 is 2.79 bits per heavy atom. The van der Waals surface area contributed by atoms with Gasteiger partial charge in [0, 0.05) is 30.8 Å². The second kappa shape index (κ2) is 3.04. The van der Waals surface area contributed by atoms with Crippen LogP contribution in [0.1, 0.15) is 15.9 Å². The summed E-state index contributed by atoms with van der Waals surface area (Å²) in [5.74, 6) is -1.64. The number of benzene rings is 1. The van der Waals surface area contributed by atoms with Crippen LogP contribution in [0.25, 0.3) is 0 Å². The predicted molar refractivity (Wildman–Crippen MR) is 47.0 cm³/mol. The molecule has 0 atom stereocenters. The number of carbonyl (C=O) groups excluding carboxylic acids is 1. The minimum atomic E-state index is -0.704. The Balaban J connectivity index is 2.60. The minimum Gasteiger partial charge on any atom is -0.341 e. The first-order valence-corrected chi connectivity index (χ1v) is 4.33. The molecule has 0 bridgehead atoms. The number of carbonyl (C=O) groups is 1. The van der Waals surface area contributed by atoms with E-state index < -0.39 is 11.6 Å². The number of hydrogen-bond donors (Lipinski definition) is 0. The SMILES string of the molecule is CN1CCc2c(F)cc(F)cc2C1=O. The number of likely N-dealkylation sites (N-methyl/N-ethyl adjacent to an activating group) is 1. The van der Waals surface area contributed by atoms with Gasteiger partial charge in [-0.15, -0.1) is 0 Å². The van der Waals surface area contributed by atoms with Crippen LogP contribution in [0.15, 0.2) is 12.1 Å². The monoisotopic (exact) mass is 197 g/mol. The summed E-state index contributed by atoms with van der Waals surface area (Å²) < 4.78 is 26.1. The summed E-state index contributed by atoms with van der Waals surface area (Å²) in [6.07, 6.45) is 0.448. The largest absolute Gasteiger partial charge is 0.341 e. The molecule has 74 valence electrons. The van der Waals surface area contributed by atoms with Crippen molar-refractivity contribution in [2.45, 2.75) is 6.42 Å². The van der Waals surface area contributed by atoms with E-state index in [-0.39, 0.29) is 11.5 Å². The maximum Gasteiger partial charge on any atom is 0.254 e. The summed E-state index contributed by atoms with van der Waals surface area (Å²) in [5.41, 5.74) is 0.478. The lowest BCUT2D eigenvalue weighted by molar-refractivity contribution is 0.0778. The first kappa shape index (κ1) is 9.12. The number of amides is 1. The summed E-state index contributed by atoms with van der Waals surface area (Å²) in [7, 11) is 1.62. The molecule has 0 N–H and O–H groups in total. The normalized spacial score (nSPS) is 15.6. The minimum absolute atomic E-state index is 0.149. The number of hydrogen-bond acceptors (Lipinski definition) is 1. The maximum atomic E-state index is 13.2. The van der Waals surface area contributed by atoms with Crippen molar-refractivity contribution >= 4 is 5.91 Å². The molecule has 1 aromatic carbocycles. The summed E-state index contributed by atoms with van der Waals surface area (Å²) in [4.78, 5) is 13.0. The number of rotatable bonds is 0. The first-order chi connectivity index (χ1) is 6.59. The van der Waals surface area contributed by atoms with E-state index in [0.29, 0.717) is 18.5 Å². The van der Waals surface area contributed by atoms with E-state index in [0.717, 1.165) is 12.1 Å². The van der Waals surface area contributed by atoms with Gasteiger partial charge in [0.05, 0.1) is 0 Å². The van der Waals surface area contributed by atoms with Gasteiger partial charge < -0.3 is 4.90 Å². The average molecular weight is 197 g/mol. The lowest BCUT2D eigenvalue weighted by atomic mass is 9.99. The Labute approximate surface area is 80.1 Å². The fourth-order valence-electron chi connectivity index (χ4n) is 1.64. The van der Waals surface area contributed by atoms with Crippen LogP contribution in [0.2, 0.25) is 0 Å². The van der Waals surface area contributed by atoms with E-state index in [1.54, 1.807) is 7.05 Å². The molecule has 4 heteroatoms. The molecule has 0 unspecified atom stereocenters. The van der Waals surface area contributed by atoms with Gasteiger partial charge in [0.1, 0.15) is 11.6 Å². The molecule has 1 aliphatic rings. The van der Waals surface area contributed by atoms with Gasteiger partial charge in [0.2, 0.25) is 0 Å². The van der Waals surface area contributed by atoms with Crippen LogP contribution in [0, 0.1) is 11.6 Å². The standard InChI is InChI=1S/C10H9F2NO/c1-13-3-2-7-8(10(13)14)4-6(11)5-9(7)12/h4-5H,2-3H2,1H3. The van der Waals surface area contributed by atoms with Gasteiger partial charge in [-0.2, -0.15) is 0 Å². The quantitative estimate of drug-likeness (QED) is 0.618. The predicted octanol–water partition coefficient (Wildman–Crippen LogP) is 1.59. The summed E-state index contributed by atoms with van der Waals surface area (Å²) in [6, 6.07) is 1.91. The smallest absolute Gasteiger partial charge is 0.254 e. The van der Waals surface area contributed by atoms with Gasteiger partial charge in [-0.25, -0.2) is 8.78 Å². The van der Waals surface area contributed by atoms with E-state index in [2.05, 4.69) is 0 Å². The molecule has 1 aliphatic heterocycles. The molecule has 0 aromatic heterocycles. The highest BCUT2D eigenvalue weighted by molar-refractivity contribution is 5.96. The van der Waals surface area contributed by atoms with Crippen LogP contribution in [-0.2, 0) is 6.42 Å². The van der Waals surface area contributed by atoms with E-state index >= 15 is 0 Å². The summed E-state index contributed by atoms with van der Waals surface area (Å²) in [5, 5.41) is 0. The highest BCUT2D eigenvalue weighted by Gasteiger charge is 2.24. The molecule has 0 saturated heterocycles. The van der Waals surface area contributed by atoms with Gasteiger partial charge in [-0.3, -0.25) is 4.79 Å². The maximum absolute atomic E-state index is 13.2. The zero-order chi connectivity index (χ0) is 10.3. The van der Waals surface area contributed by atoms with Crippen LogP contribution in [-0.4, -0.2) is 24.4 Å². The van der Waals surface area contributed by atoms with Crippen molar-refractivity contribution in [3.05, 3.63) is 34.9 Å². The van der Waals surface area contributed by atoms with E-state index in [1.165, 1.54) is 4.90 Å². The second-order valence-corrected chi connectivity index (χ2v) is 3.39. The van der Waals surface area contributed by atoms with Crippen LogP contribution < -0.4 is 0 Å². The number of nitrogens with zero attached hydrogens (tertiary/aromatic N) is 1. The first-order valence-electron chi connectivity index (χ1n) is 4.33. The second-order valence-electron chi connectivity index (χ2n) is 3.39. The lowest BCUT2D eigenvalue weighted by Crippen LogP contribution is -2.34. The molecule has 1 amide bonds. The molecule has 2 nitrogen and oxygen atoms in total. The number of halogens is 2. The van der Waals surface area contributed by atoms with Crippen molar-refractivity contribution < 1.29 is 13.6 Å². The molecule has 1 aromatic rings. The van der Waals surface area contributed by atoms with Crippen molar-refractivity contribution in [3.8, 4) is 0 Å². The van der Waals surface area contributed by atoms with Crippen LogP contribution in [0.5, 0.6) is 0 Å². The zero-order valence-corrected chi connectivity index (χ0v) is 7.68. The van der Waals surface area contributed by atoms with Crippen molar-refractivity contribution in [3.63, 3.8) is 0 Å². The molecule has 14 heavy (non-hydrogen) atoms. The molecule has 0 radical (unpaired) electrons. The fourth-order valence-corrected chi connectivity index (χ4v) is 1.64. The molecular formula is C10H9F2NO. The number of fused-ring (bicyclic) bond motifs is 1. The van der Waals surface area contributed by atoms with Gasteiger partial charge in [-0.05, 0) is 12.5 Å². The molecule has 0 saturated carbocycles. The summed E-state index contributed by atoms with van der Waals surface area (Å²) in [6.45, 7) is 0.481. The lowest BCUT2D eigenvalue weighted by Gasteiger charge is -2.24. The highest BCUT2D eigenvalue weighted by atomic mass is 19.1. The summed E-state index contributed by atoms with van der Waals surface area (Å²) >= 11 is 0. The van der Waals surface area contributed by atoms with Gasteiger partial charge in [-0.1, -0.05) is 0 Å². The Morgan fingerprint density at radius 2 is 2.07 bits per heavy atom. The van der Waals surface area contributed by atoms with E-state index in [4.69, 9.17) is 0 Å². The zero-order valence-electron chi connectivity index (χ0n) is 7.68. The molecule has 0 fully saturated rings. The van der Waals surface area contributed by atoms with Crippen molar-refractivity contribution in [1.29, 1.82) is 0 Å². The molecule has 0 aliphatic carbocycles. The van der Waals surface area contributed by atoms with E-state index in [1.807, 2.05) is 0 Å². The van der Waals surface area contributed by atoms with Crippen LogP contribution in [0.3, 0.4) is 0 Å².